The van der Waals surface area contributed by atoms with Gasteiger partial charge in [0.1, 0.15) is 0 Å². The van der Waals surface area contributed by atoms with Crippen molar-refractivity contribution in [2.45, 2.75) is 6.42 Å². The van der Waals surface area contributed by atoms with E-state index in [9.17, 15) is 4.79 Å². The molecule has 0 saturated heterocycles. The van der Waals surface area contributed by atoms with E-state index < -0.39 is 0 Å². The molecule has 12 heavy (non-hydrogen) atoms. The van der Waals surface area contributed by atoms with Crippen LogP contribution in [0.25, 0.3) is 0 Å². The summed E-state index contributed by atoms with van der Waals surface area (Å²) in [4.78, 5) is 11.0. The van der Waals surface area contributed by atoms with E-state index in [0.717, 1.165) is 0 Å². The quantitative estimate of drug-likeness (QED) is 0.591. The Morgan fingerprint density at radius 2 is 2.17 bits per heavy atom. The molecule has 0 rings (SSSR count). The lowest BCUT2D eigenvalue weighted by molar-refractivity contribution is -0.120. The third-order valence-electron chi connectivity index (χ3n) is 1.17. The minimum absolute atomic E-state index is 0.106. The molecule has 0 unspecified atom stereocenters. The summed E-state index contributed by atoms with van der Waals surface area (Å²) in [6.07, 6.45) is 5.12. The molecule has 3 heteroatoms. The van der Waals surface area contributed by atoms with Crippen LogP contribution in [0.15, 0.2) is 37.1 Å². The average molecular weight is 166 g/mol. The molecule has 0 heterocycles. The number of carbonyl (C=O) groups is 1. The summed E-state index contributed by atoms with van der Waals surface area (Å²) in [7, 11) is 0. The third-order valence-corrected chi connectivity index (χ3v) is 1.17. The van der Waals surface area contributed by atoms with Crippen LogP contribution in [-0.2, 0) is 4.79 Å². The van der Waals surface area contributed by atoms with Gasteiger partial charge in [-0.3, -0.25) is 4.79 Å². The molecule has 0 aromatic carbocycles. The van der Waals surface area contributed by atoms with Gasteiger partial charge < -0.3 is 11.1 Å². The highest BCUT2D eigenvalue weighted by molar-refractivity contribution is 5.78. The van der Waals surface area contributed by atoms with Gasteiger partial charge in [-0.05, 0) is 12.2 Å². The topological polar surface area (TPSA) is 55.1 Å². The fourth-order valence-corrected chi connectivity index (χ4v) is 0.642. The van der Waals surface area contributed by atoms with Gasteiger partial charge in [0.05, 0.1) is 0 Å². The van der Waals surface area contributed by atoms with Gasteiger partial charge in [0, 0.05) is 18.7 Å². The molecule has 3 nitrogen and oxygen atoms in total. The Hall–Kier alpha value is -1.35. The monoisotopic (exact) mass is 166 g/mol. The highest BCUT2D eigenvalue weighted by Crippen LogP contribution is 1.91. The van der Waals surface area contributed by atoms with E-state index in [4.69, 9.17) is 5.73 Å². The Morgan fingerprint density at radius 1 is 1.50 bits per heavy atom. The molecule has 1 amide bonds. The van der Waals surface area contributed by atoms with E-state index in [1.54, 1.807) is 18.2 Å². The van der Waals surface area contributed by atoms with Crippen molar-refractivity contribution >= 4 is 5.91 Å². The predicted octanol–water partition coefficient (Wildman–Crippen LogP) is 0.707. The number of carbonyl (C=O) groups excluding carboxylic acids is 1. The number of amides is 1. The summed E-state index contributed by atoms with van der Waals surface area (Å²) in [5, 5.41) is 2.62. The molecular weight excluding hydrogens is 152 g/mol. The molecular formula is C9H14N2O. The Labute approximate surface area is 72.6 Å². The van der Waals surface area contributed by atoms with Gasteiger partial charge in [0.2, 0.25) is 5.91 Å². The first-order valence-corrected chi connectivity index (χ1v) is 3.69. The Bertz CT molecular complexity index is 207. The van der Waals surface area contributed by atoms with Crippen molar-refractivity contribution in [1.29, 1.82) is 0 Å². The smallest absolute Gasteiger partial charge is 0.225 e. The minimum atomic E-state index is -0.106. The van der Waals surface area contributed by atoms with Crippen LogP contribution in [0.2, 0.25) is 0 Å². The van der Waals surface area contributed by atoms with Crippen LogP contribution in [0, 0.1) is 0 Å². The van der Waals surface area contributed by atoms with Crippen LogP contribution < -0.4 is 11.1 Å². The maximum absolute atomic E-state index is 11.0. The van der Waals surface area contributed by atoms with Crippen molar-refractivity contribution in [2.75, 3.05) is 6.54 Å². The van der Waals surface area contributed by atoms with E-state index >= 15 is 0 Å². The summed E-state index contributed by atoms with van der Waals surface area (Å²) < 4.78 is 0. The molecule has 66 valence electrons. The maximum Gasteiger partial charge on any atom is 0.225 e. The number of nitrogens with one attached hydrogen (secondary N) is 1. The molecule has 0 aliphatic rings. The lowest BCUT2D eigenvalue weighted by atomic mass is 10.3. The van der Waals surface area contributed by atoms with Gasteiger partial charge in [-0.25, -0.2) is 0 Å². The summed E-state index contributed by atoms with van der Waals surface area (Å²) in [5.41, 5.74) is 5.84. The average Bonchev–Trinajstić information content (AvgIpc) is 2.04. The molecule has 0 bridgehead atoms. The van der Waals surface area contributed by atoms with Crippen LogP contribution in [0.4, 0.5) is 0 Å². The zero-order valence-corrected chi connectivity index (χ0v) is 7.05. The maximum atomic E-state index is 11.0. The number of allylic oxidation sites excluding steroid dienone is 3. The first-order chi connectivity index (χ1) is 5.74. The standard InChI is InChI=1S/C9H14N2O/c1-3-5-8(4-2)11-9(12)6-7-10/h3-5H,1-2,6-7,10H2,(H,11,12)/b8-5+. The van der Waals surface area contributed by atoms with Crippen LogP contribution >= 0.6 is 0 Å². The summed E-state index contributed by atoms with van der Waals surface area (Å²) in [6.45, 7) is 7.38. The number of hydrogen-bond acceptors (Lipinski definition) is 2. The van der Waals surface area contributed by atoms with Gasteiger partial charge in [-0.2, -0.15) is 0 Å². The summed E-state index contributed by atoms with van der Waals surface area (Å²) >= 11 is 0. The van der Waals surface area contributed by atoms with Crippen molar-refractivity contribution in [1.82, 2.24) is 5.32 Å². The molecule has 0 saturated carbocycles. The second-order valence-electron chi connectivity index (χ2n) is 2.15. The first kappa shape index (κ1) is 10.7. The Balaban J connectivity index is 4.02. The van der Waals surface area contributed by atoms with E-state index in [-0.39, 0.29) is 5.91 Å². The van der Waals surface area contributed by atoms with Gasteiger partial charge in [0.25, 0.3) is 0 Å². The summed E-state index contributed by atoms with van der Waals surface area (Å²) in [5.74, 6) is -0.106. The minimum Gasteiger partial charge on any atom is -0.330 e. The van der Waals surface area contributed by atoms with Crippen LogP contribution in [0.5, 0.6) is 0 Å². The largest absolute Gasteiger partial charge is 0.330 e. The molecule has 0 aromatic heterocycles. The highest BCUT2D eigenvalue weighted by Gasteiger charge is 1.98. The third kappa shape index (κ3) is 4.46. The number of rotatable bonds is 5. The van der Waals surface area contributed by atoms with Crippen molar-refractivity contribution in [3.05, 3.63) is 37.1 Å². The van der Waals surface area contributed by atoms with Gasteiger partial charge in [0.15, 0.2) is 0 Å². The molecule has 0 spiro atoms. The lowest BCUT2D eigenvalue weighted by Crippen LogP contribution is -2.24. The molecule has 3 N–H and O–H groups in total. The van der Waals surface area contributed by atoms with Gasteiger partial charge >= 0.3 is 0 Å². The Morgan fingerprint density at radius 3 is 2.58 bits per heavy atom. The molecule has 0 aliphatic heterocycles. The second-order valence-corrected chi connectivity index (χ2v) is 2.15. The molecule has 0 aromatic rings. The highest BCUT2D eigenvalue weighted by atomic mass is 16.1. The van der Waals surface area contributed by atoms with E-state index in [0.29, 0.717) is 18.7 Å². The summed E-state index contributed by atoms with van der Waals surface area (Å²) in [6, 6.07) is 0. The second kappa shape index (κ2) is 6.37. The van der Waals surface area contributed by atoms with Crippen LogP contribution in [-0.4, -0.2) is 12.5 Å². The lowest BCUT2D eigenvalue weighted by Gasteiger charge is -2.02. The normalized spacial score (nSPS) is 10.6. The molecule has 0 aliphatic carbocycles. The SMILES string of the molecule is C=C/C=C(\C=C)NC(=O)CCN. The van der Waals surface area contributed by atoms with Crippen LogP contribution in [0.3, 0.4) is 0 Å². The molecule has 0 atom stereocenters. The van der Waals surface area contributed by atoms with Crippen LogP contribution in [0.1, 0.15) is 6.42 Å². The predicted molar refractivity (Wildman–Crippen MR) is 50.3 cm³/mol. The van der Waals surface area contributed by atoms with Gasteiger partial charge in [-0.1, -0.05) is 19.2 Å². The molecule has 0 fully saturated rings. The molecule has 0 radical (unpaired) electrons. The zero-order chi connectivity index (χ0) is 9.40. The fourth-order valence-electron chi connectivity index (χ4n) is 0.642. The van der Waals surface area contributed by atoms with Crippen molar-refractivity contribution in [2.24, 2.45) is 5.73 Å². The van der Waals surface area contributed by atoms with E-state index in [2.05, 4.69) is 18.5 Å². The van der Waals surface area contributed by atoms with Crippen molar-refractivity contribution < 1.29 is 4.79 Å². The number of hydrogen-bond donors (Lipinski definition) is 2. The number of nitrogens with two attached hydrogens (primary N) is 1. The van der Waals surface area contributed by atoms with Crippen molar-refractivity contribution in [3.8, 4) is 0 Å². The Kier molecular flexibility index (Phi) is 5.65. The van der Waals surface area contributed by atoms with E-state index in [1.807, 2.05) is 0 Å². The fraction of sp³-hybridized carbons (Fsp3) is 0.222. The van der Waals surface area contributed by atoms with Crippen molar-refractivity contribution in [3.63, 3.8) is 0 Å². The van der Waals surface area contributed by atoms with Gasteiger partial charge in [-0.15, -0.1) is 0 Å². The first-order valence-electron chi connectivity index (χ1n) is 3.69. The van der Waals surface area contributed by atoms with E-state index in [1.165, 1.54) is 0 Å². The zero-order valence-electron chi connectivity index (χ0n) is 7.05.